The molecule has 0 unspecified atom stereocenters. The van der Waals surface area contributed by atoms with Gasteiger partial charge in [0.25, 0.3) is 5.91 Å². The Hall–Kier alpha value is -1.93. The van der Waals surface area contributed by atoms with Crippen LogP contribution in [0.25, 0.3) is 0 Å². The second-order valence-corrected chi connectivity index (χ2v) is 9.57. The number of thioether (sulfide) groups is 1. The number of benzene rings is 1. The maximum absolute atomic E-state index is 13.4. The van der Waals surface area contributed by atoms with E-state index in [0.717, 1.165) is 25.0 Å². The number of nitrogens with one attached hydrogen (secondary N) is 1. The zero-order valence-electron chi connectivity index (χ0n) is 16.6. The molecule has 7 nitrogen and oxygen atoms in total. The van der Waals surface area contributed by atoms with Crippen molar-refractivity contribution < 1.29 is 23.8 Å². The SMILES string of the molecule is COc1ccc2c(c1OC)C(=O)N1[C@H]2SC(C)(C)[C@H]1C(=O)NC[C@@H]1CCCO1. The number of amides is 2. The molecule has 152 valence electrons. The summed E-state index contributed by atoms with van der Waals surface area (Å²) in [6.45, 7) is 5.25. The lowest BCUT2D eigenvalue weighted by atomic mass is 10.0. The highest BCUT2D eigenvalue weighted by molar-refractivity contribution is 8.01. The van der Waals surface area contributed by atoms with E-state index in [4.69, 9.17) is 14.2 Å². The van der Waals surface area contributed by atoms with Crippen LogP contribution in [-0.4, -0.2) is 61.0 Å². The number of rotatable bonds is 5. The molecule has 2 amide bonds. The first kappa shape index (κ1) is 19.4. The summed E-state index contributed by atoms with van der Waals surface area (Å²) in [7, 11) is 3.07. The van der Waals surface area contributed by atoms with Crippen molar-refractivity contribution in [3.63, 3.8) is 0 Å². The Labute approximate surface area is 169 Å². The van der Waals surface area contributed by atoms with Gasteiger partial charge in [0.15, 0.2) is 11.5 Å². The Morgan fingerprint density at radius 3 is 2.79 bits per heavy atom. The molecule has 3 aliphatic heterocycles. The fraction of sp³-hybridized carbons (Fsp3) is 0.600. The van der Waals surface area contributed by atoms with Gasteiger partial charge in [-0.2, -0.15) is 0 Å². The minimum Gasteiger partial charge on any atom is -0.493 e. The summed E-state index contributed by atoms with van der Waals surface area (Å²) in [5.41, 5.74) is 1.36. The summed E-state index contributed by atoms with van der Waals surface area (Å²) >= 11 is 1.63. The van der Waals surface area contributed by atoms with Crippen LogP contribution in [0.15, 0.2) is 12.1 Å². The van der Waals surface area contributed by atoms with E-state index in [1.54, 1.807) is 23.8 Å². The van der Waals surface area contributed by atoms with Gasteiger partial charge in [0.2, 0.25) is 5.91 Å². The van der Waals surface area contributed by atoms with E-state index < -0.39 is 10.8 Å². The summed E-state index contributed by atoms with van der Waals surface area (Å²) < 4.78 is 16.0. The van der Waals surface area contributed by atoms with Gasteiger partial charge in [-0.1, -0.05) is 6.07 Å². The highest BCUT2D eigenvalue weighted by atomic mass is 32.2. The molecule has 1 N–H and O–H groups in total. The summed E-state index contributed by atoms with van der Waals surface area (Å²) in [5, 5.41) is 2.79. The second kappa shape index (κ2) is 7.15. The first-order valence-electron chi connectivity index (χ1n) is 9.53. The van der Waals surface area contributed by atoms with Crippen LogP contribution < -0.4 is 14.8 Å². The molecular formula is C20H26N2O5S. The molecule has 3 atom stereocenters. The molecule has 3 aliphatic rings. The van der Waals surface area contributed by atoms with Crippen LogP contribution in [-0.2, 0) is 9.53 Å². The first-order valence-corrected chi connectivity index (χ1v) is 10.4. The Balaban J connectivity index is 1.63. The Kier molecular flexibility index (Phi) is 4.95. The molecule has 2 saturated heterocycles. The lowest BCUT2D eigenvalue weighted by Gasteiger charge is -2.30. The van der Waals surface area contributed by atoms with Gasteiger partial charge >= 0.3 is 0 Å². The topological polar surface area (TPSA) is 77.1 Å². The maximum Gasteiger partial charge on any atom is 0.260 e. The molecule has 0 radical (unpaired) electrons. The second-order valence-electron chi connectivity index (χ2n) is 7.83. The fourth-order valence-corrected chi connectivity index (χ4v) is 5.95. The molecule has 1 aromatic rings. The number of ether oxygens (including phenoxy) is 3. The summed E-state index contributed by atoms with van der Waals surface area (Å²) in [4.78, 5) is 28.2. The third-order valence-electron chi connectivity index (χ3n) is 5.67. The average molecular weight is 407 g/mol. The van der Waals surface area contributed by atoms with Crippen molar-refractivity contribution in [3.05, 3.63) is 23.3 Å². The molecule has 1 aromatic carbocycles. The summed E-state index contributed by atoms with van der Waals surface area (Å²) in [6, 6.07) is 3.14. The van der Waals surface area contributed by atoms with Crippen LogP contribution in [0, 0.1) is 0 Å². The van der Waals surface area contributed by atoms with Crippen LogP contribution in [0.5, 0.6) is 11.5 Å². The van der Waals surface area contributed by atoms with E-state index >= 15 is 0 Å². The number of hydrogen-bond acceptors (Lipinski definition) is 6. The molecule has 3 heterocycles. The minimum absolute atomic E-state index is 0.0627. The quantitative estimate of drug-likeness (QED) is 0.809. The zero-order chi connectivity index (χ0) is 20.1. The van der Waals surface area contributed by atoms with Crippen molar-refractivity contribution in [2.75, 3.05) is 27.4 Å². The lowest BCUT2D eigenvalue weighted by Crippen LogP contribution is -2.53. The van der Waals surface area contributed by atoms with Crippen LogP contribution in [0.4, 0.5) is 0 Å². The fourth-order valence-electron chi connectivity index (χ4n) is 4.37. The molecular weight excluding hydrogens is 380 g/mol. The molecule has 28 heavy (non-hydrogen) atoms. The first-order chi connectivity index (χ1) is 13.4. The van der Waals surface area contributed by atoms with Gasteiger partial charge < -0.3 is 24.4 Å². The van der Waals surface area contributed by atoms with Gasteiger partial charge in [0, 0.05) is 23.5 Å². The smallest absolute Gasteiger partial charge is 0.260 e. The van der Waals surface area contributed by atoms with Crippen molar-refractivity contribution in [1.29, 1.82) is 0 Å². The Morgan fingerprint density at radius 1 is 1.36 bits per heavy atom. The summed E-state index contributed by atoms with van der Waals surface area (Å²) in [5.74, 6) is 0.615. The Bertz CT molecular complexity index is 806. The van der Waals surface area contributed by atoms with E-state index in [-0.39, 0.29) is 23.3 Å². The molecule has 2 fully saturated rings. The highest BCUT2D eigenvalue weighted by Crippen LogP contribution is 2.58. The molecule has 0 aliphatic carbocycles. The number of nitrogens with zero attached hydrogens (tertiary/aromatic N) is 1. The standard InChI is InChI=1S/C20H26N2O5S/c1-20(2)16(17(23)21-10-11-6-5-9-27-11)22-18(24)14-12(19(22)28-20)7-8-13(25-3)15(14)26-4/h7-8,11,16,19H,5-6,9-10H2,1-4H3,(H,21,23)/t11-,16+,19-/m0/s1. The molecule has 4 rings (SSSR count). The van der Waals surface area contributed by atoms with Crippen molar-refractivity contribution in [3.8, 4) is 11.5 Å². The summed E-state index contributed by atoms with van der Waals surface area (Å²) in [6.07, 6.45) is 2.04. The maximum atomic E-state index is 13.4. The van der Waals surface area contributed by atoms with E-state index in [1.807, 2.05) is 26.0 Å². The zero-order valence-corrected chi connectivity index (χ0v) is 17.4. The van der Waals surface area contributed by atoms with Crippen molar-refractivity contribution in [2.45, 2.75) is 49.0 Å². The molecule has 0 saturated carbocycles. The third-order valence-corrected chi connectivity index (χ3v) is 7.21. The van der Waals surface area contributed by atoms with Crippen LogP contribution in [0.1, 0.15) is 48.0 Å². The molecule has 0 aromatic heterocycles. The predicted octanol–water partition coefficient (Wildman–Crippen LogP) is 2.35. The third kappa shape index (κ3) is 2.93. The highest BCUT2D eigenvalue weighted by Gasteiger charge is 2.58. The minimum atomic E-state index is -0.570. The largest absolute Gasteiger partial charge is 0.493 e. The van der Waals surface area contributed by atoms with Gasteiger partial charge in [-0.3, -0.25) is 9.59 Å². The van der Waals surface area contributed by atoms with Crippen molar-refractivity contribution in [1.82, 2.24) is 10.2 Å². The van der Waals surface area contributed by atoms with Gasteiger partial charge in [0.1, 0.15) is 11.4 Å². The predicted molar refractivity (Wildman–Crippen MR) is 106 cm³/mol. The number of hydrogen-bond donors (Lipinski definition) is 1. The van der Waals surface area contributed by atoms with Crippen molar-refractivity contribution >= 4 is 23.6 Å². The van der Waals surface area contributed by atoms with Crippen LogP contribution in [0.2, 0.25) is 0 Å². The van der Waals surface area contributed by atoms with E-state index in [2.05, 4.69) is 5.32 Å². The van der Waals surface area contributed by atoms with Gasteiger partial charge in [0.05, 0.1) is 25.9 Å². The van der Waals surface area contributed by atoms with Gasteiger partial charge in [-0.25, -0.2) is 0 Å². The number of fused-ring (bicyclic) bond motifs is 3. The number of methoxy groups -OCH3 is 2. The van der Waals surface area contributed by atoms with E-state index in [9.17, 15) is 9.59 Å². The van der Waals surface area contributed by atoms with Gasteiger partial charge in [-0.05, 0) is 32.8 Å². The molecule has 8 heteroatoms. The van der Waals surface area contributed by atoms with Crippen LogP contribution >= 0.6 is 11.8 Å². The van der Waals surface area contributed by atoms with Crippen molar-refractivity contribution in [2.24, 2.45) is 0 Å². The normalized spacial score (nSPS) is 27.5. The monoisotopic (exact) mass is 406 g/mol. The van der Waals surface area contributed by atoms with Crippen LogP contribution in [0.3, 0.4) is 0 Å². The molecule has 0 bridgehead atoms. The van der Waals surface area contributed by atoms with E-state index in [1.165, 1.54) is 7.11 Å². The van der Waals surface area contributed by atoms with Gasteiger partial charge in [-0.15, -0.1) is 11.8 Å². The average Bonchev–Trinajstić information content (AvgIpc) is 3.34. The lowest BCUT2D eigenvalue weighted by molar-refractivity contribution is -0.126. The number of carbonyl (C=O) groups excluding carboxylic acids is 2. The van der Waals surface area contributed by atoms with E-state index in [0.29, 0.717) is 23.6 Å². The molecule has 0 spiro atoms. The number of carbonyl (C=O) groups is 2. The Morgan fingerprint density at radius 2 is 2.14 bits per heavy atom.